The Hall–Kier alpha value is -2.93. The fraction of sp³-hybridized carbons (Fsp3) is 0.250. The van der Waals surface area contributed by atoms with Gasteiger partial charge in [0.1, 0.15) is 12.6 Å². The molecule has 0 aliphatic heterocycles. The van der Waals surface area contributed by atoms with Crippen LogP contribution in [0.5, 0.6) is 0 Å². The molecule has 0 heterocycles. The van der Waals surface area contributed by atoms with E-state index < -0.39 is 18.1 Å². The second kappa shape index (κ2) is 8.18. The number of amides is 1. The van der Waals surface area contributed by atoms with Crippen LogP contribution in [0.3, 0.4) is 0 Å². The number of benzene rings is 2. The van der Waals surface area contributed by atoms with Crippen molar-refractivity contribution in [3.63, 3.8) is 0 Å². The quantitative estimate of drug-likeness (QED) is 0.634. The number of thiocarbonyl (C=S) groups is 1. The minimum absolute atomic E-state index is 0.0805. The normalized spacial score (nSPS) is 13.3. The Morgan fingerprint density at radius 2 is 1.67 bits per heavy atom. The molecule has 1 aliphatic carbocycles. The number of carboxylic acid groups (broad SMARTS) is 1. The van der Waals surface area contributed by atoms with E-state index in [1.807, 2.05) is 48.5 Å². The van der Waals surface area contributed by atoms with Crippen molar-refractivity contribution in [2.24, 2.45) is 5.73 Å². The van der Waals surface area contributed by atoms with Gasteiger partial charge in [-0.25, -0.2) is 9.59 Å². The molecule has 0 aromatic heterocycles. The van der Waals surface area contributed by atoms with E-state index in [4.69, 9.17) is 22.7 Å². The van der Waals surface area contributed by atoms with E-state index in [0.29, 0.717) is 0 Å². The van der Waals surface area contributed by atoms with Gasteiger partial charge in [-0.2, -0.15) is 0 Å². The third-order valence-electron chi connectivity index (χ3n) is 4.61. The number of nitrogens with two attached hydrogens (primary N) is 1. The van der Waals surface area contributed by atoms with Gasteiger partial charge in [-0.1, -0.05) is 60.7 Å². The summed E-state index contributed by atoms with van der Waals surface area (Å²) in [6.45, 7) is 0.126. The van der Waals surface area contributed by atoms with Gasteiger partial charge in [-0.05, 0) is 28.7 Å². The summed E-state index contributed by atoms with van der Waals surface area (Å²) < 4.78 is 5.35. The highest BCUT2D eigenvalue weighted by atomic mass is 32.1. The van der Waals surface area contributed by atoms with Crippen LogP contribution in [-0.4, -0.2) is 34.8 Å². The fourth-order valence-corrected chi connectivity index (χ4v) is 3.44. The van der Waals surface area contributed by atoms with Gasteiger partial charge in [0.05, 0.1) is 4.99 Å². The van der Waals surface area contributed by atoms with Crippen LogP contribution >= 0.6 is 12.2 Å². The summed E-state index contributed by atoms with van der Waals surface area (Å²) >= 11 is 4.75. The first-order valence-electron chi connectivity index (χ1n) is 8.60. The van der Waals surface area contributed by atoms with Gasteiger partial charge in [-0.15, -0.1) is 0 Å². The molecular formula is C20H20N2O4S. The van der Waals surface area contributed by atoms with Gasteiger partial charge in [0.25, 0.3) is 0 Å². The molecule has 0 saturated carbocycles. The largest absolute Gasteiger partial charge is 0.480 e. The zero-order valence-corrected chi connectivity index (χ0v) is 15.4. The summed E-state index contributed by atoms with van der Waals surface area (Å²) in [5.41, 5.74) is 9.84. The molecule has 2 aromatic carbocycles. The number of ether oxygens (including phenoxy) is 1. The molecule has 27 heavy (non-hydrogen) atoms. The van der Waals surface area contributed by atoms with Gasteiger partial charge in [0, 0.05) is 12.3 Å². The first-order chi connectivity index (χ1) is 13.0. The lowest BCUT2D eigenvalue weighted by atomic mass is 9.98. The average Bonchev–Trinajstić information content (AvgIpc) is 2.97. The molecule has 140 valence electrons. The predicted molar refractivity (Wildman–Crippen MR) is 106 cm³/mol. The molecule has 6 nitrogen and oxygen atoms in total. The van der Waals surface area contributed by atoms with Crippen LogP contribution in [0.15, 0.2) is 48.5 Å². The molecular weight excluding hydrogens is 364 g/mol. The third-order valence-corrected chi connectivity index (χ3v) is 4.82. The highest BCUT2D eigenvalue weighted by molar-refractivity contribution is 7.80. The molecule has 0 saturated heterocycles. The van der Waals surface area contributed by atoms with Crippen molar-refractivity contribution in [1.29, 1.82) is 0 Å². The van der Waals surface area contributed by atoms with Crippen molar-refractivity contribution in [2.75, 3.05) is 6.61 Å². The Morgan fingerprint density at radius 3 is 2.19 bits per heavy atom. The number of nitrogens with one attached hydrogen (secondary N) is 1. The first-order valence-corrected chi connectivity index (χ1v) is 9.01. The maximum atomic E-state index is 12.1. The summed E-state index contributed by atoms with van der Waals surface area (Å²) in [4.78, 5) is 23.6. The van der Waals surface area contributed by atoms with E-state index in [1.54, 1.807) is 0 Å². The van der Waals surface area contributed by atoms with Crippen LogP contribution in [0.4, 0.5) is 4.79 Å². The summed E-state index contributed by atoms with van der Waals surface area (Å²) in [5.74, 6) is -1.23. The van der Waals surface area contributed by atoms with Gasteiger partial charge in [-0.3, -0.25) is 0 Å². The van der Waals surface area contributed by atoms with Crippen LogP contribution in [0, 0.1) is 0 Å². The number of carbonyl (C=O) groups excluding carboxylic acids is 1. The SMILES string of the molecule is NC(=S)CC[C@H](NC(=O)OCC1c2ccccc2-c2ccccc21)C(=O)O. The minimum Gasteiger partial charge on any atom is -0.480 e. The molecule has 1 atom stereocenters. The van der Waals surface area contributed by atoms with Crippen molar-refractivity contribution in [3.05, 3.63) is 59.7 Å². The number of rotatable bonds is 7. The molecule has 3 rings (SSSR count). The van der Waals surface area contributed by atoms with E-state index in [-0.39, 0.29) is 30.4 Å². The molecule has 1 amide bonds. The number of aliphatic carboxylic acids is 1. The Balaban J connectivity index is 1.67. The number of alkyl carbamates (subject to hydrolysis) is 1. The van der Waals surface area contributed by atoms with Crippen LogP contribution in [0.1, 0.15) is 29.9 Å². The number of fused-ring (bicyclic) bond motifs is 3. The van der Waals surface area contributed by atoms with Crippen molar-refractivity contribution < 1.29 is 19.4 Å². The number of hydrogen-bond donors (Lipinski definition) is 3. The van der Waals surface area contributed by atoms with Crippen molar-refractivity contribution in [2.45, 2.75) is 24.8 Å². The van der Waals surface area contributed by atoms with E-state index in [2.05, 4.69) is 5.32 Å². The molecule has 4 N–H and O–H groups in total. The van der Waals surface area contributed by atoms with Gasteiger partial charge >= 0.3 is 12.1 Å². The summed E-state index contributed by atoms with van der Waals surface area (Å²) in [6, 6.07) is 14.9. The first kappa shape index (κ1) is 18.8. The van der Waals surface area contributed by atoms with Gasteiger partial charge < -0.3 is 20.9 Å². The summed E-state index contributed by atoms with van der Waals surface area (Å²) in [5, 5.41) is 11.6. The molecule has 1 aliphatic rings. The lowest BCUT2D eigenvalue weighted by Crippen LogP contribution is -2.41. The van der Waals surface area contributed by atoms with Crippen molar-refractivity contribution in [3.8, 4) is 11.1 Å². The zero-order valence-electron chi connectivity index (χ0n) is 14.6. The lowest BCUT2D eigenvalue weighted by molar-refractivity contribution is -0.139. The maximum absolute atomic E-state index is 12.1. The smallest absolute Gasteiger partial charge is 0.407 e. The highest BCUT2D eigenvalue weighted by Crippen LogP contribution is 2.44. The molecule has 0 fully saturated rings. The van der Waals surface area contributed by atoms with Crippen molar-refractivity contribution >= 4 is 29.3 Å². The number of carbonyl (C=O) groups is 2. The van der Waals surface area contributed by atoms with Crippen LogP contribution in [0.25, 0.3) is 11.1 Å². The Bertz CT molecular complexity index is 838. The Kier molecular flexibility index (Phi) is 5.71. The standard InChI is InChI=1S/C20H20N2O4S/c21-18(27)10-9-17(19(23)24)22-20(25)26-11-16-14-7-3-1-5-12(14)13-6-2-4-8-15(13)16/h1-8,16-17H,9-11H2,(H2,21,27)(H,22,25)(H,23,24)/t17-/m0/s1. The van der Waals surface area contributed by atoms with Crippen LogP contribution < -0.4 is 11.1 Å². The molecule has 0 spiro atoms. The molecule has 0 bridgehead atoms. The second-order valence-electron chi connectivity index (χ2n) is 6.37. The number of hydrogen-bond acceptors (Lipinski definition) is 4. The second-order valence-corrected chi connectivity index (χ2v) is 6.89. The topological polar surface area (TPSA) is 102 Å². The molecule has 2 aromatic rings. The summed E-state index contributed by atoms with van der Waals surface area (Å²) in [6.07, 6.45) is -0.419. The molecule has 0 radical (unpaired) electrons. The minimum atomic E-state index is -1.15. The van der Waals surface area contributed by atoms with E-state index >= 15 is 0 Å². The monoisotopic (exact) mass is 384 g/mol. The van der Waals surface area contributed by atoms with Crippen LogP contribution in [-0.2, 0) is 9.53 Å². The predicted octanol–water partition coefficient (Wildman–Crippen LogP) is 3.04. The maximum Gasteiger partial charge on any atom is 0.407 e. The zero-order chi connectivity index (χ0) is 19.4. The van der Waals surface area contributed by atoms with E-state index in [0.717, 1.165) is 22.3 Å². The lowest BCUT2D eigenvalue weighted by Gasteiger charge is -2.17. The summed E-state index contributed by atoms with van der Waals surface area (Å²) in [7, 11) is 0. The highest BCUT2D eigenvalue weighted by Gasteiger charge is 2.29. The van der Waals surface area contributed by atoms with Crippen LogP contribution in [0.2, 0.25) is 0 Å². The Labute approximate surface area is 162 Å². The fourth-order valence-electron chi connectivity index (χ4n) is 3.33. The number of carboxylic acids is 1. The van der Waals surface area contributed by atoms with E-state index in [1.165, 1.54) is 0 Å². The molecule has 0 unspecified atom stereocenters. The van der Waals surface area contributed by atoms with Gasteiger partial charge in [0.15, 0.2) is 0 Å². The Morgan fingerprint density at radius 1 is 1.11 bits per heavy atom. The molecule has 7 heteroatoms. The van der Waals surface area contributed by atoms with Crippen molar-refractivity contribution in [1.82, 2.24) is 5.32 Å². The van der Waals surface area contributed by atoms with E-state index in [9.17, 15) is 14.7 Å². The third kappa shape index (κ3) is 4.25. The average molecular weight is 384 g/mol. The van der Waals surface area contributed by atoms with Gasteiger partial charge in [0.2, 0.25) is 0 Å².